The molecule has 1 heterocycles. The Morgan fingerprint density at radius 2 is 1.96 bits per heavy atom. The lowest BCUT2D eigenvalue weighted by atomic mass is 10.1. The summed E-state index contributed by atoms with van der Waals surface area (Å²) >= 11 is 0. The maximum atomic E-state index is 12.9. The first-order chi connectivity index (χ1) is 13.2. The van der Waals surface area contributed by atoms with E-state index in [4.69, 9.17) is 4.74 Å². The Balaban J connectivity index is 1.71. The van der Waals surface area contributed by atoms with Crippen LogP contribution in [0.15, 0.2) is 47.4 Å². The van der Waals surface area contributed by atoms with Crippen LogP contribution in [0.2, 0.25) is 0 Å². The van der Waals surface area contributed by atoms with E-state index < -0.39 is 10.0 Å². The largest absolute Gasteiger partial charge is 0.492 e. The Labute approximate surface area is 166 Å². The molecule has 0 spiro atoms. The summed E-state index contributed by atoms with van der Waals surface area (Å²) in [5, 5.41) is 0. The number of fused-ring (bicyclic) bond motifs is 1. The number of hydrogen-bond acceptors (Lipinski definition) is 4. The summed E-state index contributed by atoms with van der Waals surface area (Å²) in [6.45, 7) is 5.94. The normalized spacial score (nSPS) is 16.3. The van der Waals surface area contributed by atoms with Crippen LogP contribution in [0.5, 0.6) is 5.75 Å². The Bertz CT molecular complexity index is 988. The number of anilines is 1. The standard InChI is InChI=1S/C21H26N2O4S/c1-15-7-5-6-8-21(15)27-12-11-22(4)28(25,26)19-9-10-20-18(14-19)13-16(2)23(20)17(3)24/h5-10,14,16H,11-13H2,1-4H3/t16-/m1/s1. The number of para-hydroxylation sites is 1. The van der Waals surface area contributed by atoms with Crippen molar-refractivity contribution in [3.8, 4) is 5.75 Å². The van der Waals surface area contributed by atoms with Crippen molar-refractivity contribution in [2.75, 3.05) is 25.1 Å². The number of carbonyl (C=O) groups excluding carboxylic acids is 1. The number of rotatable bonds is 6. The Morgan fingerprint density at radius 1 is 1.25 bits per heavy atom. The quantitative estimate of drug-likeness (QED) is 0.745. The van der Waals surface area contributed by atoms with Gasteiger partial charge in [-0.15, -0.1) is 0 Å². The number of aryl methyl sites for hydroxylation is 1. The smallest absolute Gasteiger partial charge is 0.242 e. The third kappa shape index (κ3) is 3.91. The molecule has 6 nitrogen and oxygen atoms in total. The number of likely N-dealkylation sites (N-methyl/N-ethyl adjacent to an activating group) is 1. The van der Waals surface area contributed by atoms with Gasteiger partial charge in [0.25, 0.3) is 0 Å². The maximum Gasteiger partial charge on any atom is 0.242 e. The fourth-order valence-corrected chi connectivity index (χ4v) is 4.76. The molecule has 0 radical (unpaired) electrons. The molecule has 0 saturated heterocycles. The molecule has 150 valence electrons. The van der Waals surface area contributed by atoms with Crippen LogP contribution in [-0.2, 0) is 21.2 Å². The van der Waals surface area contributed by atoms with E-state index in [9.17, 15) is 13.2 Å². The summed E-state index contributed by atoms with van der Waals surface area (Å²) < 4.78 is 32.9. The van der Waals surface area contributed by atoms with Gasteiger partial charge in [0.05, 0.1) is 4.90 Å². The van der Waals surface area contributed by atoms with Crippen molar-refractivity contribution in [1.29, 1.82) is 0 Å². The highest BCUT2D eigenvalue weighted by Crippen LogP contribution is 2.34. The van der Waals surface area contributed by atoms with Gasteiger partial charge in [-0.3, -0.25) is 4.79 Å². The number of benzene rings is 2. The van der Waals surface area contributed by atoms with E-state index >= 15 is 0 Å². The van der Waals surface area contributed by atoms with E-state index in [1.165, 1.54) is 11.2 Å². The fourth-order valence-electron chi connectivity index (χ4n) is 3.55. The minimum atomic E-state index is -3.63. The lowest BCUT2D eigenvalue weighted by Gasteiger charge is -2.21. The monoisotopic (exact) mass is 402 g/mol. The van der Waals surface area contributed by atoms with E-state index in [0.717, 1.165) is 22.6 Å². The van der Waals surface area contributed by atoms with Crippen molar-refractivity contribution in [2.45, 2.75) is 38.1 Å². The molecule has 0 aromatic heterocycles. The highest BCUT2D eigenvalue weighted by Gasteiger charge is 2.31. The average Bonchev–Trinajstić information content (AvgIpc) is 2.98. The van der Waals surface area contributed by atoms with Crippen molar-refractivity contribution in [2.24, 2.45) is 0 Å². The summed E-state index contributed by atoms with van der Waals surface area (Å²) in [7, 11) is -2.08. The molecule has 0 N–H and O–H groups in total. The summed E-state index contributed by atoms with van der Waals surface area (Å²) in [4.78, 5) is 13.8. The number of nitrogens with zero attached hydrogens (tertiary/aromatic N) is 2. The molecule has 0 fully saturated rings. The van der Waals surface area contributed by atoms with Gasteiger partial charge >= 0.3 is 0 Å². The molecule has 2 aromatic rings. The molecule has 3 rings (SSSR count). The van der Waals surface area contributed by atoms with Crippen molar-refractivity contribution >= 4 is 21.6 Å². The minimum absolute atomic E-state index is 0.0331. The first kappa shape index (κ1) is 20.4. The van der Waals surface area contributed by atoms with E-state index in [2.05, 4.69) is 0 Å². The molecule has 0 bridgehead atoms. The Morgan fingerprint density at radius 3 is 2.64 bits per heavy atom. The number of carbonyl (C=O) groups is 1. The van der Waals surface area contributed by atoms with E-state index in [1.54, 1.807) is 30.1 Å². The first-order valence-electron chi connectivity index (χ1n) is 9.29. The molecule has 28 heavy (non-hydrogen) atoms. The Kier molecular flexibility index (Phi) is 5.76. The summed E-state index contributed by atoms with van der Waals surface area (Å²) in [6.07, 6.45) is 0.651. The molecule has 0 aliphatic carbocycles. The third-order valence-corrected chi connectivity index (χ3v) is 6.92. The van der Waals surface area contributed by atoms with Gasteiger partial charge < -0.3 is 9.64 Å². The predicted octanol–water partition coefficient (Wildman–Crippen LogP) is 2.99. The highest BCUT2D eigenvalue weighted by atomic mass is 32.2. The topological polar surface area (TPSA) is 66.9 Å². The van der Waals surface area contributed by atoms with Gasteiger partial charge in [0, 0.05) is 32.2 Å². The fraction of sp³-hybridized carbons (Fsp3) is 0.381. The number of amides is 1. The summed E-state index contributed by atoms with van der Waals surface area (Å²) in [5.41, 5.74) is 2.69. The van der Waals surface area contributed by atoms with E-state index in [0.29, 0.717) is 6.42 Å². The highest BCUT2D eigenvalue weighted by molar-refractivity contribution is 7.89. The van der Waals surface area contributed by atoms with E-state index in [-0.39, 0.29) is 30.0 Å². The first-order valence-corrected chi connectivity index (χ1v) is 10.7. The summed E-state index contributed by atoms with van der Waals surface area (Å²) in [6, 6.07) is 12.6. The molecule has 7 heteroatoms. The second-order valence-corrected chi connectivity index (χ2v) is 9.22. The van der Waals surface area contributed by atoms with Gasteiger partial charge in [0.1, 0.15) is 12.4 Å². The van der Waals surface area contributed by atoms with Crippen LogP contribution in [0.4, 0.5) is 5.69 Å². The van der Waals surface area contributed by atoms with Gasteiger partial charge in [-0.2, -0.15) is 4.31 Å². The van der Waals surface area contributed by atoms with Crippen molar-refractivity contribution in [3.63, 3.8) is 0 Å². The zero-order chi connectivity index (χ0) is 20.5. The van der Waals surface area contributed by atoms with Gasteiger partial charge in [-0.05, 0) is 55.7 Å². The lowest BCUT2D eigenvalue weighted by Crippen LogP contribution is -2.33. The van der Waals surface area contributed by atoms with Gasteiger partial charge in [-0.25, -0.2) is 8.42 Å². The summed E-state index contributed by atoms with van der Waals surface area (Å²) in [5.74, 6) is 0.719. The molecule has 1 atom stereocenters. The second kappa shape index (κ2) is 7.93. The minimum Gasteiger partial charge on any atom is -0.492 e. The number of sulfonamides is 1. The molecular weight excluding hydrogens is 376 g/mol. The Hall–Kier alpha value is -2.38. The van der Waals surface area contributed by atoms with Crippen molar-refractivity contribution < 1.29 is 17.9 Å². The van der Waals surface area contributed by atoms with Crippen LogP contribution in [0.3, 0.4) is 0 Å². The molecule has 1 aliphatic rings. The molecular formula is C21H26N2O4S. The van der Waals surface area contributed by atoms with Crippen LogP contribution in [0, 0.1) is 6.92 Å². The SMILES string of the molecule is CC(=O)N1c2ccc(S(=O)(=O)N(C)CCOc3ccccc3C)cc2C[C@H]1C. The third-order valence-electron chi connectivity index (χ3n) is 5.07. The van der Waals surface area contributed by atoms with Crippen LogP contribution < -0.4 is 9.64 Å². The van der Waals surface area contributed by atoms with Gasteiger partial charge in [-0.1, -0.05) is 18.2 Å². The second-order valence-electron chi connectivity index (χ2n) is 7.17. The van der Waals surface area contributed by atoms with E-state index in [1.807, 2.05) is 38.1 Å². The van der Waals surface area contributed by atoms with Crippen LogP contribution in [0.25, 0.3) is 0 Å². The zero-order valence-electron chi connectivity index (χ0n) is 16.7. The van der Waals surface area contributed by atoms with Crippen molar-refractivity contribution in [3.05, 3.63) is 53.6 Å². The number of hydrogen-bond donors (Lipinski definition) is 0. The molecule has 0 unspecified atom stereocenters. The van der Waals surface area contributed by atoms with Crippen LogP contribution >= 0.6 is 0 Å². The molecule has 0 saturated carbocycles. The van der Waals surface area contributed by atoms with Crippen LogP contribution in [-0.4, -0.2) is 44.9 Å². The van der Waals surface area contributed by atoms with Crippen molar-refractivity contribution in [1.82, 2.24) is 4.31 Å². The molecule has 1 amide bonds. The van der Waals surface area contributed by atoms with Gasteiger partial charge in [0.15, 0.2) is 0 Å². The molecule has 1 aliphatic heterocycles. The molecule has 2 aromatic carbocycles. The average molecular weight is 403 g/mol. The lowest BCUT2D eigenvalue weighted by molar-refractivity contribution is -0.116. The van der Waals surface area contributed by atoms with Gasteiger partial charge in [0.2, 0.25) is 15.9 Å². The number of ether oxygens (including phenoxy) is 1. The zero-order valence-corrected chi connectivity index (χ0v) is 17.5. The van der Waals surface area contributed by atoms with Crippen LogP contribution in [0.1, 0.15) is 25.0 Å². The maximum absolute atomic E-state index is 12.9. The predicted molar refractivity (Wildman–Crippen MR) is 109 cm³/mol.